The average molecular weight is 665 g/mol. The molecule has 5 rings (SSSR count). The van der Waals surface area contributed by atoms with Gasteiger partial charge in [0.2, 0.25) is 0 Å². The van der Waals surface area contributed by atoms with Crippen molar-refractivity contribution in [2.45, 2.75) is 81.5 Å². The molecule has 0 bridgehead atoms. The van der Waals surface area contributed by atoms with Crippen molar-refractivity contribution in [3.05, 3.63) is 58.9 Å². The predicted octanol–water partition coefficient (Wildman–Crippen LogP) is 11.2. The van der Waals surface area contributed by atoms with E-state index in [4.69, 9.17) is 9.47 Å². The van der Waals surface area contributed by atoms with E-state index in [2.05, 4.69) is 4.74 Å². The van der Waals surface area contributed by atoms with Crippen molar-refractivity contribution >= 4 is 10.2 Å². The molecule has 1 aliphatic heterocycles. The Morgan fingerprint density at radius 2 is 1.25 bits per heavy atom. The van der Waals surface area contributed by atoms with E-state index in [1.165, 1.54) is 6.07 Å². The fourth-order valence-electron chi connectivity index (χ4n) is 6.85. The van der Waals surface area contributed by atoms with Crippen LogP contribution in [0.3, 0.4) is 0 Å². The molecule has 1 saturated heterocycles. The van der Waals surface area contributed by atoms with Crippen molar-refractivity contribution in [1.82, 2.24) is 0 Å². The Bertz CT molecular complexity index is 1320. The highest BCUT2D eigenvalue weighted by molar-refractivity contribution is 8.45. The summed E-state index contributed by atoms with van der Waals surface area (Å²) < 4.78 is 153. The summed E-state index contributed by atoms with van der Waals surface area (Å²) in [5, 5.41) is 0. The Labute approximate surface area is 249 Å². The molecule has 0 atom stereocenters. The van der Waals surface area contributed by atoms with Crippen molar-refractivity contribution in [2.24, 2.45) is 23.7 Å². The number of benzene rings is 2. The van der Waals surface area contributed by atoms with Gasteiger partial charge in [-0.1, -0.05) is 38.5 Å². The summed E-state index contributed by atoms with van der Waals surface area (Å²) in [6.45, 7) is 3.07. The van der Waals surface area contributed by atoms with Gasteiger partial charge in [-0.2, -0.15) is 8.78 Å². The second-order valence-corrected chi connectivity index (χ2v) is 14.8. The van der Waals surface area contributed by atoms with E-state index in [1.807, 2.05) is 13.0 Å². The van der Waals surface area contributed by atoms with Crippen LogP contribution in [0, 0.1) is 41.1 Å². The molecule has 3 aliphatic rings. The molecular formula is C30H34F10O3S. The first-order valence-corrected chi connectivity index (χ1v) is 16.6. The molecule has 2 saturated carbocycles. The number of halogens is 10. The Morgan fingerprint density at radius 3 is 1.75 bits per heavy atom. The van der Waals surface area contributed by atoms with Crippen LogP contribution in [0.2, 0.25) is 0 Å². The maximum Gasteiger partial charge on any atom is 0.400 e. The maximum absolute atomic E-state index is 15.1. The first-order chi connectivity index (χ1) is 20.3. The van der Waals surface area contributed by atoms with Crippen LogP contribution >= 0.6 is 10.2 Å². The van der Waals surface area contributed by atoms with Crippen molar-refractivity contribution in [2.75, 3.05) is 13.2 Å². The molecule has 1 heterocycles. The van der Waals surface area contributed by atoms with Crippen LogP contribution in [-0.4, -0.2) is 19.3 Å². The minimum Gasteiger partial charge on any atom is -0.432 e. The van der Waals surface area contributed by atoms with Crippen LogP contribution in [-0.2, 0) is 9.47 Å². The van der Waals surface area contributed by atoms with Gasteiger partial charge < -0.3 is 14.2 Å². The lowest BCUT2D eigenvalue weighted by atomic mass is 9.68. The van der Waals surface area contributed by atoms with Crippen LogP contribution in [0.15, 0.2) is 35.2 Å². The first-order valence-electron chi connectivity index (χ1n) is 14.6. The van der Waals surface area contributed by atoms with Crippen molar-refractivity contribution in [3.63, 3.8) is 0 Å². The molecular weight excluding hydrogens is 630 g/mol. The lowest BCUT2D eigenvalue weighted by molar-refractivity contribution is -0.224. The largest absolute Gasteiger partial charge is 0.432 e. The highest BCUT2D eigenvalue weighted by Crippen LogP contribution is 3.02. The molecule has 2 aliphatic carbocycles. The van der Waals surface area contributed by atoms with Gasteiger partial charge in [-0.05, 0) is 80.8 Å². The number of rotatable bonds is 7. The van der Waals surface area contributed by atoms with Crippen LogP contribution < -0.4 is 4.74 Å². The SMILES string of the molecule is CC1COC(c2ccc(C3CCC(C4CCC(C(F)(F)Oc5cc(F)c(S(F)(F)(F)(F)F)c(F)c5)CC4)CC3)c(F)c2)OC1. The summed E-state index contributed by atoms with van der Waals surface area (Å²) in [5.74, 6) is -7.80. The van der Waals surface area contributed by atoms with Gasteiger partial charge in [0.25, 0.3) is 0 Å². The van der Waals surface area contributed by atoms with E-state index in [-0.39, 0.29) is 54.5 Å². The predicted molar refractivity (Wildman–Crippen MR) is 144 cm³/mol. The summed E-state index contributed by atoms with van der Waals surface area (Å²) in [5.41, 5.74) is 1.25. The van der Waals surface area contributed by atoms with Crippen LogP contribution in [0.5, 0.6) is 5.75 Å². The topological polar surface area (TPSA) is 27.7 Å². The second kappa shape index (κ2) is 11.3. The van der Waals surface area contributed by atoms with E-state index in [9.17, 15) is 37.0 Å². The van der Waals surface area contributed by atoms with E-state index < -0.39 is 50.8 Å². The standard InChI is InChI=1S/C30H34F10O3S/c1-17-15-41-29(42-16-17)21-8-11-24(25(31)12-21)20-4-2-18(3-5-20)19-6-9-22(10-7-19)30(34,35)43-23-13-26(32)28(27(33)14-23)44(36,37,38,39)40/h8,11-14,17-20,22,29H,2-7,9-10,15-16H2,1H3. The van der Waals surface area contributed by atoms with Crippen molar-refractivity contribution in [1.29, 1.82) is 0 Å². The van der Waals surface area contributed by atoms with E-state index in [0.29, 0.717) is 37.2 Å². The molecule has 0 aromatic heterocycles. The molecule has 3 fully saturated rings. The molecule has 0 N–H and O–H groups in total. The number of hydrogen-bond donors (Lipinski definition) is 0. The maximum atomic E-state index is 15.1. The summed E-state index contributed by atoms with van der Waals surface area (Å²) >= 11 is 0. The molecule has 3 nitrogen and oxygen atoms in total. The minimum absolute atomic E-state index is 0.00766. The molecule has 0 radical (unpaired) electrons. The second-order valence-electron chi connectivity index (χ2n) is 12.5. The summed E-state index contributed by atoms with van der Waals surface area (Å²) in [4.78, 5) is -3.39. The third-order valence-electron chi connectivity index (χ3n) is 9.10. The van der Waals surface area contributed by atoms with E-state index >= 15 is 4.39 Å². The monoisotopic (exact) mass is 664 g/mol. The third-order valence-corrected chi connectivity index (χ3v) is 10.3. The highest BCUT2D eigenvalue weighted by atomic mass is 32.5. The van der Waals surface area contributed by atoms with E-state index in [0.717, 1.165) is 25.7 Å². The molecule has 0 spiro atoms. The molecule has 0 unspecified atom stereocenters. The lowest BCUT2D eigenvalue weighted by Gasteiger charge is -2.41. The summed E-state index contributed by atoms with van der Waals surface area (Å²) in [7, 11) is -10.7. The molecule has 14 heteroatoms. The smallest absolute Gasteiger partial charge is 0.400 e. The summed E-state index contributed by atoms with van der Waals surface area (Å²) in [6.07, 6.45) is -0.728. The number of hydrogen-bond acceptors (Lipinski definition) is 3. The average Bonchev–Trinajstić information content (AvgIpc) is 2.91. The van der Waals surface area contributed by atoms with E-state index in [1.54, 1.807) is 6.07 Å². The normalized spacial score (nSPS) is 30.3. The quantitative estimate of drug-likeness (QED) is 0.276. The van der Waals surface area contributed by atoms with Crippen molar-refractivity contribution < 1.29 is 55.6 Å². The zero-order valence-electron chi connectivity index (χ0n) is 23.8. The van der Waals surface area contributed by atoms with Crippen LogP contribution in [0.25, 0.3) is 0 Å². The van der Waals surface area contributed by atoms with Gasteiger partial charge in [0.1, 0.15) is 11.6 Å². The minimum atomic E-state index is -10.7. The Morgan fingerprint density at radius 1 is 0.727 bits per heavy atom. The molecule has 2 aromatic carbocycles. The third kappa shape index (κ3) is 7.43. The molecule has 248 valence electrons. The molecule has 44 heavy (non-hydrogen) atoms. The van der Waals surface area contributed by atoms with Gasteiger partial charge in [-0.15, -0.1) is 0 Å². The van der Waals surface area contributed by atoms with Crippen LogP contribution in [0.1, 0.15) is 81.6 Å². The fraction of sp³-hybridized carbons (Fsp3) is 0.600. The Balaban J connectivity index is 1.13. The fourth-order valence-corrected chi connectivity index (χ4v) is 7.70. The Hall–Kier alpha value is -2.19. The van der Waals surface area contributed by atoms with Crippen molar-refractivity contribution in [3.8, 4) is 5.75 Å². The van der Waals surface area contributed by atoms with Gasteiger partial charge >= 0.3 is 16.3 Å². The highest BCUT2D eigenvalue weighted by Gasteiger charge is 2.69. The van der Waals surface area contributed by atoms with Gasteiger partial charge in [0, 0.05) is 23.6 Å². The van der Waals surface area contributed by atoms with Crippen LogP contribution in [0.4, 0.5) is 41.4 Å². The van der Waals surface area contributed by atoms with Gasteiger partial charge in [0.15, 0.2) is 22.8 Å². The molecule has 0 amide bonds. The van der Waals surface area contributed by atoms with Gasteiger partial charge in [0.05, 0.1) is 19.1 Å². The van der Waals surface area contributed by atoms with Gasteiger partial charge in [-0.3, -0.25) is 0 Å². The molecule has 2 aromatic rings. The zero-order valence-corrected chi connectivity index (χ0v) is 24.7. The first kappa shape index (κ1) is 33.2. The number of alkyl halides is 2. The van der Waals surface area contributed by atoms with Gasteiger partial charge in [-0.25, -0.2) is 13.2 Å². The summed E-state index contributed by atoms with van der Waals surface area (Å²) in [6, 6.07) is 4.44. The zero-order chi connectivity index (χ0) is 32.1. The lowest BCUT2D eigenvalue weighted by Crippen LogP contribution is -2.38. The number of ether oxygens (including phenoxy) is 3. The Kier molecular flexibility index (Phi) is 8.49.